The number of carbonyl (C=O) groups is 2. The molecule has 0 aliphatic carbocycles. The molecule has 2 aromatic carbocycles. The lowest BCUT2D eigenvalue weighted by molar-refractivity contribution is -0.128. The molecule has 2 amide bonds. The van der Waals surface area contributed by atoms with Crippen LogP contribution >= 0.6 is 0 Å². The second-order valence-corrected chi connectivity index (χ2v) is 6.20. The maximum absolute atomic E-state index is 12.5. The van der Waals surface area contributed by atoms with Crippen molar-refractivity contribution < 1.29 is 9.59 Å². The second kappa shape index (κ2) is 7.30. The minimum Gasteiger partial charge on any atom is -0.338 e. The van der Waals surface area contributed by atoms with Gasteiger partial charge in [-0.25, -0.2) is 0 Å². The van der Waals surface area contributed by atoms with Crippen LogP contribution in [0.1, 0.15) is 24.5 Å². The number of hydrogen-bond donors (Lipinski definition) is 1. The highest BCUT2D eigenvalue weighted by atomic mass is 16.2. The van der Waals surface area contributed by atoms with Crippen molar-refractivity contribution in [2.75, 3.05) is 11.9 Å². The first-order valence-electron chi connectivity index (χ1n) is 8.37. The van der Waals surface area contributed by atoms with Crippen molar-refractivity contribution in [3.8, 4) is 0 Å². The maximum Gasteiger partial charge on any atom is 0.229 e. The zero-order valence-corrected chi connectivity index (χ0v) is 13.9. The summed E-state index contributed by atoms with van der Waals surface area (Å²) < 4.78 is 0. The molecule has 4 nitrogen and oxygen atoms in total. The van der Waals surface area contributed by atoms with Gasteiger partial charge in [-0.2, -0.15) is 0 Å². The largest absolute Gasteiger partial charge is 0.338 e. The minimum atomic E-state index is -0.286. The van der Waals surface area contributed by atoms with E-state index in [2.05, 4.69) is 12.2 Å². The zero-order valence-electron chi connectivity index (χ0n) is 13.9. The average molecular weight is 322 g/mol. The fraction of sp³-hybridized carbons (Fsp3) is 0.300. The number of benzene rings is 2. The quantitative estimate of drug-likeness (QED) is 0.919. The molecule has 0 unspecified atom stereocenters. The molecular weight excluding hydrogens is 300 g/mol. The Morgan fingerprint density at radius 3 is 2.62 bits per heavy atom. The van der Waals surface area contributed by atoms with E-state index in [0.29, 0.717) is 13.1 Å². The molecule has 124 valence electrons. The van der Waals surface area contributed by atoms with Crippen LogP contribution in [0, 0.1) is 5.92 Å². The van der Waals surface area contributed by atoms with Crippen molar-refractivity contribution in [1.29, 1.82) is 0 Å². The number of nitrogens with one attached hydrogen (secondary N) is 1. The number of nitrogens with zero attached hydrogens (tertiary/aromatic N) is 1. The van der Waals surface area contributed by atoms with Crippen molar-refractivity contribution in [1.82, 2.24) is 4.90 Å². The van der Waals surface area contributed by atoms with Gasteiger partial charge < -0.3 is 10.2 Å². The SMILES string of the molecule is CCc1cccc(NC(=O)[C@@H]2CC(=O)N(Cc3ccccc3)C2)c1. The van der Waals surface area contributed by atoms with Crippen LogP contribution < -0.4 is 5.32 Å². The molecule has 24 heavy (non-hydrogen) atoms. The van der Waals surface area contributed by atoms with Crippen LogP contribution in [-0.4, -0.2) is 23.3 Å². The van der Waals surface area contributed by atoms with Crippen molar-refractivity contribution >= 4 is 17.5 Å². The van der Waals surface area contributed by atoms with Crippen LogP contribution in [-0.2, 0) is 22.6 Å². The molecule has 2 aromatic rings. The van der Waals surface area contributed by atoms with Gasteiger partial charge in [-0.05, 0) is 29.7 Å². The third kappa shape index (κ3) is 3.82. The van der Waals surface area contributed by atoms with Gasteiger partial charge in [0.2, 0.25) is 11.8 Å². The topological polar surface area (TPSA) is 49.4 Å². The lowest BCUT2D eigenvalue weighted by Crippen LogP contribution is -2.28. The van der Waals surface area contributed by atoms with Crippen molar-refractivity contribution in [3.63, 3.8) is 0 Å². The summed E-state index contributed by atoms with van der Waals surface area (Å²) in [5.74, 6) is -0.319. The van der Waals surface area contributed by atoms with E-state index in [1.165, 1.54) is 5.56 Å². The lowest BCUT2D eigenvalue weighted by Gasteiger charge is -2.16. The standard InChI is InChI=1S/C20H22N2O2/c1-2-15-9-6-10-18(11-15)21-20(24)17-12-19(23)22(14-17)13-16-7-4-3-5-8-16/h3-11,17H,2,12-14H2,1H3,(H,21,24)/t17-/m1/s1. The van der Waals surface area contributed by atoms with Crippen molar-refractivity contribution in [2.24, 2.45) is 5.92 Å². The van der Waals surface area contributed by atoms with E-state index in [4.69, 9.17) is 0 Å². The molecule has 1 N–H and O–H groups in total. The Morgan fingerprint density at radius 1 is 1.12 bits per heavy atom. The van der Waals surface area contributed by atoms with E-state index in [1.807, 2.05) is 54.6 Å². The van der Waals surface area contributed by atoms with E-state index in [9.17, 15) is 9.59 Å². The molecule has 0 bridgehead atoms. The Hall–Kier alpha value is -2.62. The van der Waals surface area contributed by atoms with Gasteiger partial charge in [0.25, 0.3) is 0 Å². The van der Waals surface area contributed by atoms with Gasteiger partial charge in [0.05, 0.1) is 5.92 Å². The highest BCUT2D eigenvalue weighted by Crippen LogP contribution is 2.22. The summed E-state index contributed by atoms with van der Waals surface area (Å²) in [6.07, 6.45) is 1.21. The molecule has 0 radical (unpaired) electrons. The Kier molecular flexibility index (Phi) is 4.94. The first-order valence-corrected chi connectivity index (χ1v) is 8.37. The highest BCUT2D eigenvalue weighted by molar-refractivity contribution is 5.97. The summed E-state index contributed by atoms with van der Waals surface area (Å²) in [4.78, 5) is 26.4. The lowest BCUT2D eigenvalue weighted by atomic mass is 10.1. The fourth-order valence-electron chi connectivity index (χ4n) is 3.02. The first kappa shape index (κ1) is 16.2. The third-order valence-electron chi connectivity index (χ3n) is 4.40. The Balaban J connectivity index is 1.61. The van der Waals surface area contributed by atoms with E-state index < -0.39 is 0 Å². The van der Waals surface area contributed by atoms with Gasteiger partial charge in [0, 0.05) is 25.2 Å². The number of anilines is 1. The van der Waals surface area contributed by atoms with Gasteiger partial charge in [-0.3, -0.25) is 9.59 Å². The summed E-state index contributed by atoms with van der Waals surface area (Å²) >= 11 is 0. The van der Waals surface area contributed by atoms with Crippen LogP contribution in [0.25, 0.3) is 0 Å². The van der Waals surface area contributed by atoms with E-state index >= 15 is 0 Å². The predicted octanol–water partition coefficient (Wildman–Crippen LogP) is 3.24. The number of likely N-dealkylation sites (tertiary alicyclic amines) is 1. The number of hydrogen-bond acceptors (Lipinski definition) is 2. The maximum atomic E-state index is 12.5. The van der Waals surface area contributed by atoms with Gasteiger partial charge in [-0.1, -0.05) is 49.4 Å². The first-order chi connectivity index (χ1) is 11.7. The smallest absolute Gasteiger partial charge is 0.229 e. The van der Waals surface area contributed by atoms with E-state index in [-0.39, 0.29) is 24.2 Å². The van der Waals surface area contributed by atoms with Gasteiger partial charge in [0.15, 0.2) is 0 Å². The van der Waals surface area contributed by atoms with Crippen molar-refractivity contribution in [2.45, 2.75) is 26.3 Å². The normalized spacial score (nSPS) is 17.1. The summed E-state index contributed by atoms with van der Waals surface area (Å²) in [5.41, 5.74) is 3.07. The Labute approximate surface area is 142 Å². The Bertz CT molecular complexity index is 727. The van der Waals surface area contributed by atoms with Crippen molar-refractivity contribution in [3.05, 3.63) is 65.7 Å². The molecule has 0 aromatic heterocycles. The van der Waals surface area contributed by atoms with Gasteiger partial charge in [-0.15, -0.1) is 0 Å². The van der Waals surface area contributed by atoms with Crippen LogP contribution in [0.4, 0.5) is 5.69 Å². The van der Waals surface area contributed by atoms with Crippen LogP contribution in [0.3, 0.4) is 0 Å². The molecule has 1 saturated heterocycles. The van der Waals surface area contributed by atoms with Crippen LogP contribution in [0.5, 0.6) is 0 Å². The molecule has 1 heterocycles. The second-order valence-electron chi connectivity index (χ2n) is 6.20. The zero-order chi connectivity index (χ0) is 16.9. The number of carbonyl (C=O) groups excluding carboxylic acids is 2. The third-order valence-corrected chi connectivity index (χ3v) is 4.40. The summed E-state index contributed by atoms with van der Waals surface area (Å²) in [5, 5.41) is 2.95. The van der Waals surface area contributed by atoms with E-state index in [0.717, 1.165) is 17.7 Å². The van der Waals surface area contributed by atoms with Crippen LogP contribution in [0.15, 0.2) is 54.6 Å². The highest BCUT2D eigenvalue weighted by Gasteiger charge is 2.34. The molecule has 1 fully saturated rings. The number of rotatable bonds is 5. The monoisotopic (exact) mass is 322 g/mol. The molecule has 3 rings (SSSR count). The predicted molar refractivity (Wildman–Crippen MR) is 94.4 cm³/mol. The fourth-order valence-corrected chi connectivity index (χ4v) is 3.02. The van der Waals surface area contributed by atoms with Gasteiger partial charge in [0.1, 0.15) is 0 Å². The molecule has 0 spiro atoms. The number of amides is 2. The molecule has 4 heteroatoms. The Morgan fingerprint density at radius 2 is 1.88 bits per heavy atom. The summed E-state index contributed by atoms with van der Waals surface area (Å²) in [6.45, 7) is 3.12. The molecule has 1 atom stereocenters. The van der Waals surface area contributed by atoms with E-state index in [1.54, 1.807) is 4.90 Å². The van der Waals surface area contributed by atoms with Gasteiger partial charge >= 0.3 is 0 Å². The molecule has 1 aliphatic heterocycles. The minimum absolute atomic E-state index is 0.0429. The summed E-state index contributed by atoms with van der Waals surface area (Å²) in [6, 6.07) is 17.7. The molecular formula is C20H22N2O2. The van der Waals surface area contributed by atoms with Crippen LogP contribution in [0.2, 0.25) is 0 Å². The average Bonchev–Trinajstić information content (AvgIpc) is 2.97. The number of aryl methyl sites for hydroxylation is 1. The molecule has 1 aliphatic rings. The summed E-state index contributed by atoms with van der Waals surface area (Å²) in [7, 11) is 0. The molecule has 0 saturated carbocycles.